The van der Waals surface area contributed by atoms with E-state index in [4.69, 9.17) is 24.5 Å². The Morgan fingerprint density at radius 3 is 2.16 bits per heavy atom. The highest BCUT2D eigenvalue weighted by molar-refractivity contribution is 6.01. The molecule has 0 unspecified atom stereocenters. The van der Waals surface area contributed by atoms with E-state index in [1.807, 2.05) is 36.4 Å². The molecule has 0 bridgehead atoms. The molecule has 0 radical (unpaired) electrons. The SMILES string of the molecule is Cc1nc(-c2ncc(Oc3ccc(C(C)(C)c4ccc(OC5CC(Nc6ccc7c(c6)CN([C@@H](CCC(=O)OC(C)(C)C)C(N)=O)C7=O)C5)cc4)cc3)cn2)no1. The summed E-state index contributed by atoms with van der Waals surface area (Å²) in [6.07, 6.45) is 4.96. The van der Waals surface area contributed by atoms with Crippen molar-refractivity contribution in [2.75, 3.05) is 5.32 Å². The molecule has 0 saturated heterocycles. The van der Waals surface area contributed by atoms with Crippen molar-refractivity contribution in [1.29, 1.82) is 0 Å². The molecule has 57 heavy (non-hydrogen) atoms. The van der Waals surface area contributed by atoms with E-state index < -0.39 is 23.5 Å². The topological polar surface area (TPSA) is 185 Å². The first-order valence-electron chi connectivity index (χ1n) is 19.0. The first-order chi connectivity index (χ1) is 27.1. The zero-order chi connectivity index (χ0) is 40.5. The van der Waals surface area contributed by atoms with E-state index in [0.717, 1.165) is 41.0 Å². The Morgan fingerprint density at radius 2 is 1.56 bits per heavy atom. The summed E-state index contributed by atoms with van der Waals surface area (Å²) in [7, 11) is 0. The lowest BCUT2D eigenvalue weighted by atomic mass is 9.78. The van der Waals surface area contributed by atoms with Gasteiger partial charge in [-0.15, -0.1) is 0 Å². The van der Waals surface area contributed by atoms with Crippen LogP contribution in [-0.2, 0) is 26.3 Å². The fourth-order valence-corrected chi connectivity index (χ4v) is 7.06. The third-order valence-corrected chi connectivity index (χ3v) is 10.2. The molecule has 2 amide bonds. The first-order valence-corrected chi connectivity index (χ1v) is 19.0. The van der Waals surface area contributed by atoms with Crippen LogP contribution in [0.25, 0.3) is 11.6 Å². The second kappa shape index (κ2) is 15.7. The van der Waals surface area contributed by atoms with Crippen molar-refractivity contribution in [3.63, 3.8) is 0 Å². The standard InChI is InChI=1S/C43H47N7O7/c1-25-47-40(49-57-25)39-45-22-34(23-46-39)55-32-14-9-28(10-15-32)43(5,6)27-7-12-31(13-8-27)54-33-20-30(21-33)48-29-11-16-35-26(19-29)24-50(41(35)53)36(38(44)52)17-18-37(51)56-42(2,3)4/h7-16,19,22-23,30,33,36,48H,17-18,20-21,24H2,1-6H3,(H2,44,52)/t30?,33?,36-/m0/s1. The van der Waals surface area contributed by atoms with Crippen LogP contribution in [0.2, 0.25) is 0 Å². The number of primary amides is 1. The molecule has 1 fully saturated rings. The fourth-order valence-electron chi connectivity index (χ4n) is 7.06. The van der Waals surface area contributed by atoms with Crippen LogP contribution < -0.4 is 20.5 Å². The van der Waals surface area contributed by atoms with Gasteiger partial charge in [0.15, 0.2) is 5.75 Å². The van der Waals surface area contributed by atoms with E-state index in [2.05, 4.69) is 63.5 Å². The number of hydrogen-bond acceptors (Lipinski definition) is 12. The summed E-state index contributed by atoms with van der Waals surface area (Å²) in [6, 6.07) is 21.1. The number of carbonyl (C=O) groups is 3. The Labute approximate surface area is 331 Å². The summed E-state index contributed by atoms with van der Waals surface area (Å²) in [5, 5.41) is 7.40. The molecule has 5 aromatic rings. The van der Waals surface area contributed by atoms with Gasteiger partial charge in [0.2, 0.25) is 23.4 Å². The Balaban J connectivity index is 0.880. The predicted octanol–water partition coefficient (Wildman–Crippen LogP) is 6.91. The predicted molar refractivity (Wildman–Crippen MR) is 211 cm³/mol. The highest BCUT2D eigenvalue weighted by atomic mass is 16.6. The first kappa shape index (κ1) is 38.9. The maximum absolute atomic E-state index is 13.2. The third kappa shape index (κ3) is 9.06. The van der Waals surface area contributed by atoms with E-state index in [0.29, 0.717) is 34.6 Å². The van der Waals surface area contributed by atoms with Gasteiger partial charge in [-0.25, -0.2) is 9.97 Å². The second-order valence-electron chi connectivity index (χ2n) is 16.1. The maximum Gasteiger partial charge on any atom is 0.306 e. The molecule has 2 aliphatic rings. The number of nitrogens with zero attached hydrogens (tertiary/aromatic N) is 5. The smallest absolute Gasteiger partial charge is 0.306 e. The minimum atomic E-state index is -0.910. The Morgan fingerprint density at radius 1 is 0.912 bits per heavy atom. The summed E-state index contributed by atoms with van der Waals surface area (Å²) in [6.45, 7) is 11.6. The molecule has 3 N–H and O–H groups in total. The molecular formula is C43H47N7O7. The van der Waals surface area contributed by atoms with Crippen LogP contribution in [0.4, 0.5) is 5.69 Å². The number of nitrogens with two attached hydrogens (primary N) is 1. The minimum Gasteiger partial charge on any atom is -0.490 e. The highest BCUT2D eigenvalue weighted by Gasteiger charge is 2.37. The van der Waals surface area contributed by atoms with Gasteiger partial charge in [-0.2, -0.15) is 4.98 Å². The minimum absolute atomic E-state index is 0.0178. The number of ether oxygens (including phenoxy) is 3. The molecule has 1 aliphatic carbocycles. The van der Waals surface area contributed by atoms with E-state index in [1.54, 1.807) is 46.2 Å². The number of aryl methyl sites for hydroxylation is 1. The summed E-state index contributed by atoms with van der Waals surface area (Å²) in [4.78, 5) is 52.0. The van der Waals surface area contributed by atoms with Gasteiger partial charge >= 0.3 is 5.97 Å². The molecule has 3 heterocycles. The zero-order valence-corrected chi connectivity index (χ0v) is 32.9. The van der Waals surface area contributed by atoms with Crippen LogP contribution in [0.15, 0.2) is 83.6 Å². The largest absolute Gasteiger partial charge is 0.490 e. The van der Waals surface area contributed by atoms with Crippen molar-refractivity contribution in [1.82, 2.24) is 25.0 Å². The van der Waals surface area contributed by atoms with Crippen LogP contribution >= 0.6 is 0 Å². The number of benzene rings is 3. The Kier molecular flexibility index (Phi) is 10.7. The lowest BCUT2D eigenvalue weighted by molar-refractivity contribution is -0.155. The van der Waals surface area contributed by atoms with Gasteiger partial charge in [-0.05, 0) is 86.3 Å². The van der Waals surface area contributed by atoms with Crippen LogP contribution in [-0.4, -0.2) is 66.6 Å². The zero-order valence-electron chi connectivity index (χ0n) is 32.9. The number of fused-ring (bicyclic) bond motifs is 1. The normalized spacial score (nSPS) is 17.0. The number of carbonyl (C=O) groups excluding carboxylic acids is 3. The van der Waals surface area contributed by atoms with Gasteiger partial charge in [-0.3, -0.25) is 14.4 Å². The quantitative estimate of drug-likeness (QED) is 0.111. The number of nitrogens with one attached hydrogen (secondary N) is 1. The van der Waals surface area contributed by atoms with Crippen LogP contribution in [0.5, 0.6) is 17.2 Å². The van der Waals surface area contributed by atoms with Gasteiger partial charge in [0.05, 0.1) is 12.4 Å². The molecule has 1 aliphatic heterocycles. The average Bonchev–Trinajstić information content (AvgIpc) is 3.73. The average molecular weight is 774 g/mol. The van der Waals surface area contributed by atoms with E-state index in [-0.39, 0.29) is 42.9 Å². The summed E-state index contributed by atoms with van der Waals surface area (Å²) < 4.78 is 22.6. The van der Waals surface area contributed by atoms with Gasteiger partial charge in [0, 0.05) is 55.4 Å². The van der Waals surface area contributed by atoms with Gasteiger partial charge in [0.25, 0.3) is 5.91 Å². The van der Waals surface area contributed by atoms with Crippen molar-refractivity contribution < 1.29 is 33.1 Å². The number of anilines is 1. The summed E-state index contributed by atoms with van der Waals surface area (Å²) in [5.74, 6) is 1.74. The summed E-state index contributed by atoms with van der Waals surface area (Å²) in [5.41, 5.74) is 9.28. The highest BCUT2D eigenvalue weighted by Crippen LogP contribution is 2.36. The number of aromatic nitrogens is 4. The number of hydrogen-bond donors (Lipinski definition) is 2. The number of amides is 2. The second-order valence-corrected chi connectivity index (χ2v) is 16.1. The van der Waals surface area contributed by atoms with E-state index >= 15 is 0 Å². The van der Waals surface area contributed by atoms with Crippen LogP contribution in [0.3, 0.4) is 0 Å². The van der Waals surface area contributed by atoms with Crippen LogP contribution in [0.1, 0.15) is 93.2 Å². The van der Waals surface area contributed by atoms with Crippen molar-refractivity contribution in [3.8, 4) is 28.9 Å². The van der Waals surface area contributed by atoms with Crippen molar-refractivity contribution in [2.24, 2.45) is 5.73 Å². The molecule has 296 valence electrons. The molecule has 14 heteroatoms. The maximum atomic E-state index is 13.2. The Hall–Kier alpha value is -6.31. The Bertz CT molecular complexity index is 2240. The number of esters is 1. The van der Waals surface area contributed by atoms with E-state index in [1.165, 1.54) is 4.90 Å². The molecule has 7 rings (SSSR count). The molecule has 2 aromatic heterocycles. The van der Waals surface area contributed by atoms with Crippen molar-refractivity contribution in [3.05, 3.63) is 107 Å². The molecule has 14 nitrogen and oxygen atoms in total. The van der Waals surface area contributed by atoms with Gasteiger partial charge in [0.1, 0.15) is 29.2 Å². The molecule has 3 aromatic carbocycles. The number of rotatable bonds is 14. The van der Waals surface area contributed by atoms with Gasteiger partial charge in [-0.1, -0.05) is 43.3 Å². The lowest BCUT2D eigenvalue weighted by Crippen LogP contribution is -2.45. The van der Waals surface area contributed by atoms with Gasteiger partial charge < -0.3 is 34.7 Å². The van der Waals surface area contributed by atoms with Crippen LogP contribution in [0, 0.1) is 6.92 Å². The monoisotopic (exact) mass is 773 g/mol. The lowest BCUT2D eigenvalue weighted by Gasteiger charge is -2.36. The van der Waals surface area contributed by atoms with Crippen molar-refractivity contribution in [2.45, 2.75) is 103 Å². The molecule has 1 atom stereocenters. The fraction of sp³-hybridized carbons (Fsp3) is 0.372. The van der Waals surface area contributed by atoms with Crippen molar-refractivity contribution >= 4 is 23.5 Å². The van der Waals surface area contributed by atoms with E-state index in [9.17, 15) is 14.4 Å². The molecule has 0 spiro atoms. The molecular weight excluding hydrogens is 727 g/mol. The summed E-state index contributed by atoms with van der Waals surface area (Å²) >= 11 is 0. The molecule has 1 saturated carbocycles. The third-order valence-electron chi connectivity index (χ3n) is 10.2.